The van der Waals surface area contributed by atoms with Crippen LogP contribution in [-0.2, 0) is 0 Å². The molecular formula is C21H14Cl2N4O3. The molecule has 2 heterocycles. The van der Waals surface area contributed by atoms with Crippen LogP contribution < -0.4 is 0 Å². The molecule has 0 unspecified atom stereocenters. The van der Waals surface area contributed by atoms with Crippen molar-refractivity contribution in [2.45, 2.75) is 6.92 Å². The molecule has 30 heavy (non-hydrogen) atoms. The number of fused-ring (bicyclic) bond motifs is 1. The van der Waals surface area contributed by atoms with Crippen LogP contribution in [-0.4, -0.2) is 14.9 Å². The molecule has 0 aliphatic carbocycles. The lowest BCUT2D eigenvalue weighted by Gasteiger charge is -2.03. The fourth-order valence-electron chi connectivity index (χ4n) is 2.97. The van der Waals surface area contributed by atoms with E-state index in [1.807, 2.05) is 24.3 Å². The number of aromatic nitrogens is 2. The number of furan rings is 1. The topological polar surface area (TPSA) is 109 Å². The molecule has 0 atom stereocenters. The second kappa shape index (κ2) is 8.41. The van der Waals surface area contributed by atoms with Crippen molar-refractivity contribution >= 4 is 52.4 Å². The van der Waals surface area contributed by atoms with Crippen molar-refractivity contribution in [2.75, 3.05) is 0 Å². The number of nitro benzene ring substituents is 1. The molecule has 0 saturated heterocycles. The minimum Gasteiger partial charge on any atom is -0.456 e. The van der Waals surface area contributed by atoms with Crippen LogP contribution in [0.5, 0.6) is 0 Å². The van der Waals surface area contributed by atoms with Crippen LogP contribution in [0, 0.1) is 28.4 Å². The molecule has 4 aromatic rings. The second-order valence-electron chi connectivity index (χ2n) is 6.35. The first-order chi connectivity index (χ1) is 14.0. The number of aryl methyl sites for hydroxylation is 1. The fraction of sp³-hybridized carbons (Fsp3) is 0.0476. The maximum atomic E-state index is 11.4. The molecule has 0 amide bonds. The number of hydrogen-bond acceptors (Lipinski definition) is 5. The van der Waals surface area contributed by atoms with Crippen LogP contribution in [0.1, 0.15) is 17.1 Å². The minimum absolute atomic E-state index is 0. The largest absolute Gasteiger partial charge is 0.456 e. The van der Waals surface area contributed by atoms with E-state index in [0.29, 0.717) is 22.2 Å². The predicted octanol–water partition coefficient (Wildman–Crippen LogP) is 6.18. The van der Waals surface area contributed by atoms with Gasteiger partial charge in [0, 0.05) is 17.2 Å². The lowest BCUT2D eigenvalue weighted by atomic mass is 10.1. The van der Waals surface area contributed by atoms with E-state index in [4.69, 9.17) is 16.0 Å². The van der Waals surface area contributed by atoms with Gasteiger partial charge in [-0.2, -0.15) is 5.26 Å². The second-order valence-corrected chi connectivity index (χ2v) is 6.76. The van der Waals surface area contributed by atoms with E-state index >= 15 is 0 Å². The van der Waals surface area contributed by atoms with Gasteiger partial charge in [0.2, 0.25) is 0 Å². The highest BCUT2D eigenvalue weighted by Crippen LogP contribution is 2.36. The van der Waals surface area contributed by atoms with Crippen LogP contribution in [0.15, 0.2) is 52.9 Å². The summed E-state index contributed by atoms with van der Waals surface area (Å²) < 4.78 is 5.75. The molecule has 0 aliphatic heterocycles. The summed E-state index contributed by atoms with van der Waals surface area (Å²) in [4.78, 5) is 18.4. The Labute approximate surface area is 182 Å². The molecule has 150 valence electrons. The van der Waals surface area contributed by atoms with Gasteiger partial charge >= 0.3 is 0 Å². The lowest BCUT2D eigenvalue weighted by molar-refractivity contribution is -0.384. The maximum Gasteiger partial charge on any atom is 0.280 e. The monoisotopic (exact) mass is 440 g/mol. The summed E-state index contributed by atoms with van der Waals surface area (Å²) in [6, 6.07) is 15.7. The van der Waals surface area contributed by atoms with Gasteiger partial charge in [0.1, 0.15) is 23.4 Å². The molecule has 9 heteroatoms. The summed E-state index contributed by atoms with van der Waals surface area (Å²) >= 11 is 6.14. The molecule has 0 spiro atoms. The molecule has 0 aliphatic rings. The Kier molecular flexibility index (Phi) is 5.92. The number of H-pyrrole nitrogens is 1. The molecule has 2 aromatic carbocycles. The van der Waals surface area contributed by atoms with Gasteiger partial charge in [0.15, 0.2) is 0 Å². The first-order valence-electron chi connectivity index (χ1n) is 8.58. The van der Waals surface area contributed by atoms with Crippen LogP contribution in [0.4, 0.5) is 5.69 Å². The Bertz CT molecular complexity index is 1300. The Hall–Kier alpha value is -3.60. The van der Waals surface area contributed by atoms with Crippen molar-refractivity contribution < 1.29 is 9.34 Å². The van der Waals surface area contributed by atoms with Crippen LogP contribution in [0.25, 0.3) is 34.0 Å². The fourth-order valence-corrected chi connectivity index (χ4v) is 3.13. The Morgan fingerprint density at radius 2 is 2.07 bits per heavy atom. The summed E-state index contributed by atoms with van der Waals surface area (Å²) in [5.41, 5.74) is 2.61. The molecule has 0 radical (unpaired) electrons. The van der Waals surface area contributed by atoms with E-state index in [9.17, 15) is 15.4 Å². The van der Waals surface area contributed by atoms with Crippen LogP contribution >= 0.6 is 24.0 Å². The number of nitriles is 1. The number of nitrogens with zero attached hydrogens (tertiary/aromatic N) is 3. The number of nitro groups is 1. The van der Waals surface area contributed by atoms with Crippen molar-refractivity contribution in [2.24, 2.45) is 0 Å². The molecule has 2 aromatic heterocycles. The number of nitrogens with one attached hydrogen (secondary N) is 1. The number of para-hydroxylation sites is 2. The average Bonchev–Trinajstić information content (AvgIpc) is 3.34. The smallest absolute Gasteiger partial charge is 0.280 e. The average molecular weight is 441 g/mol. The number of benzene rings is 2. The van der Waals surface area contributed by atoms with Gasteiger partial charge in [0.05, 0.1) is 27.1 Å². The molecule has 0 bridgehead atoms. The van der Waals surface area contributed by atoms with E-state index < -0.39 is 4.92 Å². The van der Waals surface area contributed by atoms with Crippen molar-refractivity contribution in [1.29, 1.82) is 5.26 Å². The van der Waals surface area contributed by atoms with E-state index in [1.165, 1.54) is 18.2 Å². The number of aromatic amines is 1. The number of imidazole rings is 1. The van der Waals surface area contributed by atoms with E-state index in [2.05, 4.69) is 16.0 Å². The number of hydrogen-bond donors (Lipinski definition) is 1. The standard InChI is InChI=1S/C21H13ClN4O3.ClH/c1-12-8-19(26(27)28)15(10-16(12)22)20-7-6-14(29-20)9-13(11-23)21-24-17-4-2-3-5-18(17)25-21;/h2-10H,1H3,(H,24,25);1H. The van der Waals surface area contributed by atoms with Crippen LogP contribution in [0.3, 0.4) is 0 Å². The summed E-state index contributed by atoms with van der Waals surface area (Å²) in [6.45, 7) is 1.70. The van der Waals surface area contributed by atoms with E-state index in [1.54, 1.807) is 19.1 Å². The van der Waals surface area contributed by atoms with Gasteiger partial charge in [-0.25, -0.2) is 4.98 Å². The third-order valence-electron chi connectivity index (χ3n) is 4.42. The predicted molar refractivity (Wildman–Crippen MR) is 117 cm³/mol. The summed E-state index contributed by atoms with van der Waals surface area (Å²) in [7, 11) is 0. The molecule has 0 fully saturated rings. The highest BCUT2D eigenvalue weighted by molar-refractivity contribution is 6.31. The first-order valence-corrected chi connectivity index (χ1v) is 8.95. The Morgan fingerprint density at radius 1 is 1.30 bits per heavy atom. The summed E-state index contributed by atoms with van der Waals surface area (Å²) in [6.07, 6.45) is 1.53. The third kappa shape index (κ3) is 3.92. The summed E-state index contributed by atoms with van der Waals surface area (Å²) in [5.74, 6) is 1.06. The maximum absolute atomic E-state index is 11.4. The van der Waals surface area contributed by atoms with Gasteiger partial charge in [-0.3, -0.25) is 10.1 Å². The third-order valence-corrected chi connectivity index (χ3v) is 4.82. The minimum atomic E-state index is -0.480. The van der Waals surface area contributed by atoms with Crippen molar-refractivity contribution in [3.8, 4) is 17.4 Å². The van der Waals surface area contributed by atoms with E-state index in [0.717, 1.165) is 11.0 Å². The van der Waals surface area contributed by atoms with Crippen molar-refractivity contribution in [3.05, 3.63) is 80.8 Å². The zero-order valence-corrected chi connectivity index (χ0v) is 17.1. The van der Waals surface area contributed by atoms with Gasteiger partial charge < -0.3 is 9.40 Å². The van der Waals surface area contributed by atoms with Gasteiger partial charge in [-0.15, -0.1) is 12.4 Å². The highest BCUT2D eigenvalue weighted by atomic mass is 35.5. The van der Waals surface area contributed by atoms with Crippen molar-refractivity contribution in [3.63, 3.8) is 0 Å². The SMILES string of the molecule is Cc1cc([N+](=O)[O-])c(-c2ccc(C=C(C#N)c3nc4ccccc4[nH]3)o2)cc1Cl.Cl. The van der Waals surface area contributed by atoms with Crippen LogP contribution in [0.2, 0.25) is 5.02 Å². The number of allylic oxidation sites excluding steroid dienone is 1. The Balaban J connectivity index is 0.00000256. The molecule has 0 saturated carbocycles. The van der Waals surface area contributed by atoms with Gasteiger partial charge in [-0.1, -0.05) is 23.7 Å². The van der Waals surface area contributed by atoms with E-state index in [-0.39, 0.29) is 35.0 Å². The number of halogens is 2. The molecule has 1 N–H and O–H groups in total. The van der Waals surface area contributed by atoms with Crippen molar-refractivity contribution in [1.82, 2.24) is 9.97 Å². The molecule has 7 nitrogen and oxygen atoms in total. The highest BCUT2D eigenvalue weighted by Gasteiger charge is 2.20. The summed E-state index contributed by atoms with van der Waals surface area (Å²) in [5, 5.41) is 21.4. The zero-order valence-electron chi connectivity index (χ0n) is 15.5. The normalized spacial score (nSPS) is 11.2. The Morgan fingerprint density at radius 3 is 2.77 bits per heavy atom. The molecular weight excluding hydrogens is 427 g/mol. The van der Waals surface area contributed by atoms with Gasteiger partial charge in [-0.05, 0) is 42.8 Å². The number of rotatable bonds is 4. The first kappa shape index (κ1) is 21.1. The van der Waals surface area contributed by atoms with Gasteiger partial charge in [0.25, 0.3) is 5.69 Å². The zero-order chi connectivity index (χ0) is 20.5. The molecule has 4 rings (SSSR count). The lowest BCUT2D eigenvalue weighted by Crippen LogP contribution is -1.93. The quantitative estimate of drug-likeness (QED) is 0.231.